The molecular weight excluding hydrogens is 355 g/mol. The van der Waals surface area contributed by atoms with E-state index < -0.39 is 47.7 Å². The molecule has 1 aliphatic heterocycles. The third-order valence-electron chi connectivity index (χ3n) is 3.17. The summed E-state index contributed by atoms with van der Waals surface area (Å²) >= 11 is 0. The van der Waals surface area contributed by atoms with E-state index in [1.54, 1.807) is 30.3 Å². The molecule has 0 bridgehead atoms. The molecule has 0 spiro atoms. The maximum atomic E-state index is 10.6. The molecule has 1 fully saturated rings. The number of hydrogen-bond acceptors (Lipinski definition) is 9. The van der Waals surface area contributed by atoms with E-state index in [4.69, 9.17) is 10.8 Å². The van der Waals surface area contributed by atoms with Gasteiger partial charge in [-0.2, -0.15) is 0 Å². The summed E-state index contributed by atoms with van der Waals surface area (Å²) < 4.78 is 53.4. The summed E-state index contributed by atoms with van der Waals surface area (Å²) in [5.41, 5.74) is 0.728. The standard InChI is InChI=1S/C13H18O9S.Na/c14-10-9(7-21-23(17,18)19)22-13(12(16)11(10)15)20-6-8-4-2-1-3-5-8;/h1-5,9-16H,6-7H2,(H,17,18,19);/q;+1/p-1/t9-,10-,11+,12-,13-;/m1./s1/i7D;/t7?,9-,10-,11+,12-,13-;. The molecular formula is C13H17NaO9S. The van der Waals surface area contributed by atoms with Gasteiger partial charge in [0.2, 0.25) is 10.4 Å². The molecule has 1 aliphatic rings. The molecule has 1 saturated heterocycles. The number of rotatable bonds is 6. The molecule has 3 N–H and O–H groups in total. The van der Waals surface area contributed by atoms with Gasteiger partial charge in [0.1, 0.15) is 24.4 Å². The first-order valence-corrected chi connectivity index (χ1v) is 7.94. The van der Waals surface area contributed by atoms with Gasteiger partial charge >= 0.3 is 29.6 Å². The molecule has 1 heterocycles. The molecule has 11 heteroatoms. The van der Waals surface area contributed by atoms with Crippen LogP contribution >= 0.6 is 0 Å². The van der Waals surface area contributed by atoms with Gasteiger partial charge in [-0.05, 0) is 5.56 Å². The predicted octanol–water partition coefficient (Wildman–Crippen LogP) is -4.51. The quantitative estimate of drug-likeness (QED) is 0.255. The topological polar surface area (TPSA) is 146 Å². The van der Waals surface area contributed by atoms with Gasteiger partial charge in [-0.15, -0.1) is 0 Å². The summed E-state index contributed by atoms with van der Waals surface area (Å²) in [5.74, 6) is 0. The second-order valence-electron chi connectivity index (χ2n) is 4.88. The van der Waals surface area contributed by atoms with E-state index in [1.807, 2.05) is 0 Å². The van der Waals surface area contributed by atoms with Crippen molar-refractivity contribution in [2.75, 3.05) is 6.58 Å². The number of aliphatic hydroxyl groups is 3. The maximum absolute atomic E-state index is 10.6. The van der Waals surface area contributed by atoms with Crippen molar-refractivity contribution in [1.82, 2.24) is 0 Å². The zero-order chi connectivity index (χ0) is 17.9. The fraction of sp³-hybridized carbons (Fsp3) is 0.538. The summed E-state index contributed by atoms with van der Waals surface area (Å²) in [6, 6.07) is 8.77. The normalized spacial score (nSPS) is 32.5. The Morgan fingerprint density at radius 3 is 2.38 bits per heavy atom. The van der Waals surface area contributed by atoms with E-state index in [0.29, 0.717) is 0 Å². The Balaban J connectivity index is 0.00000312. The zero-order valence-electron chi connectivity index (χ0n) is 13.8. The van der Waals surface area contributed by atoms with E-state index in [0.717, 1.165) is 5.56 Å². The molecule has 9 nitrogen and oxygen atoms in total. The fourth-order valence-corrected chi connectivity index (χ4v) is 2.24. The Labute approximate surface area is 162 Å². The third kappa shape index (κ3) is 6.32. The van der Waals surface area contributed by atoms with Crippen LogP contribution in [-0.4, -0.2) is 65.6 Å². The fourth-order valence-electron chi connectivity index (χ4n) is 2.00. The van der Waals surface area contributed by atoms with Gasteiger partial charge in [0, 0.05) is 0 Å². The second kappa shape index (κ2) is 9.55. The van der Waals surface area contributed by atoms with Crippen molar-refractivity contribution in [3.8, 4) is 0 Å². The molecule has 0 aliphatic carbocycles. The van der Waals surface area contributed by atoms with Gasteiger partial charge in [-0.1, -0.05) is 30.3 Å². The van der Waals surface area contributed by atoms with Gasteiger partial charge in [-0.3, -0.25) is 4.18 Å². The first-order chi connectivity index (χ1) is 11.2. The third-order valence-corrected chi connectivity index (χ3v) is 3.52. The van der Waals surface area contributed by atoms with Crippen molar-refractivity contribution in [3.63, 3.8) is 0 Å². The van der Waals surface area contributed by atoms with Gasteiger partial charge in [0.05, 0.1) is 14.6 Å². The molecule has 1 aromatic rings. The molecule has 24 heavy (non-hydrogen) atoms. The van der Waals surface area contributed by atoms with Crippen LogP contribution in [0.15, 0.2) is 30.3 Å². The Morgan fingerprint density at radius 1 is 1.17 bits per heavy atom. The number of ether oxygens (including phenoxy) is 2. The van der Waals surface area contributed by atoms with E-state index in [-0.39, 0.29) is 36.2 Å². The number of hydrogen-bond donors (Lipinski definition) is 3. The van der Waals surface area contributed by atoms with Crippen LogP contribution in [0.3, 0.4) is 0 Å². The molecule has 0 saturated carbocycles. The summed E-state index contributed by atoms with van der Waals surface area (Å²) in [4.78, 5) is 0. The minimum atomic E-state index is -5.21. The average molecular weight is 373 g/mol. The minimum absolute atomic E-state index is 0. The van der Waals surface area contributed by atoms with Gasteiger partial charge in [0.15, 0.2) is 6.29 Å². The van der Waals surface area contributed by atoms with Crippen LogP contribution in [0.5, 0.6) is 0 Å². The van der Waals surface area contributed by atoms with E-state index in [2.05, 4.69) is 4.18 Å². The molecule has 1 unspecified atom stereocenters. The Hall–Kier alpha value is -0.110. The SMILES string of the molecule is [2H]C(OS(=O)(=O)[O-])[C@H]1O[C@@H](OCc2ccccc2)[C@H](O)[C@@H](O)[C@@H]1O.[Na+]. The van der Waals surface area contributed by atoms with Gasteiger partial charge < -0.3 is 29.3 Å². The van der Waals surface area contributed by atoms with Crippen molar-refractivity contribution in [2.45, 2.75) is 37.3 Å². The van der Waals surface area contributed by atoms with Crippen LogP contribution in [0.25, 0.3) is 0 Å². The van der Waals surface area contributed by atoms with Crippen LogP contribution in [0.4, 0.5) is 0 Å². The van der Waals surface area contributed by atoms with E-state index in [1.165, 1.54) is 0 Å². The maximum Gasteiger partial charge on any atom is 1.00 e. The first-order valence-electron chi connectivity index (χ1n) is 7.18. The molecule has 130 valence electrons. The van der Waals surface area contributed by atoms with Crippen molar-refractivity contribution < 1.29 is 72.9 Å². The second-order valence-corrected chi connectivity index (χ2v) is 5.89. The summed E-state index contributed by atoms with van der Waals surface area (Å²) in [6.45, 7) is -2.14. The predicted molar refractivity (Wildman–Crippen MR) is 73.6 cm³/mol. The molecule has 0 radical (unpaired) electrons. The molecule has 1 aromatic carbocycles. The van der Waals surface area contributed by atoms with Gasteiger partial charge in [0.25, 0.3) is 0 Å². The molecule has 0 aromatic heterocycles. The zero-order valence-corrected chi connectivity index (χ0v) is 15.6. The van der Waals surface area contributed by atoms with Crippen LogP contribution < -0.4 is 29.6 Å². The van der Waals surface area contributed by atoms with Crippen molar-refractivity contribution in [1.29, 1.82) is 0 Å². The number of aliphatic hydroxyl groups excluding tert-OH is 3. The number of benzene rings is 1. The van der Waals surface area contributed by atoms with E-state index in [9.17, 15) is 28.3 Å². The largest absolute Gasteiger partial charge is 1.00 e. The van der Waals surface area contributed by atoms with Crippen molar-refractivity contribution >= 4 is 10.4 Å². The monoisotopic (exact) mass is 373 g/mol. The molecule has 6 atom stereocenters. The summed E-state index contributed by atoms with van der Waals surface area (Å²) in [5, 5.41) is 29.5. The molecule has 2 rings (SSSR count). The van der Waals surface area contributed by atoms with Gasteiger partial charge in [-0.25, -0.2) is 8.42 Å². The van der Waals surface area contributed by atoms with Crippen molar-refractivity contribution in [2.24, 2.45) is 0 Å². The first kappa shape index (κ1) is 20.2. The molecule has 0 amide bonds. The van der Waals surface area contributed by atoms with Crippen LogP contribution in [0.1, 0.15) is 6.93 Å². The smallest absolute Gasteiger partial charge is 0.726 e. The van der Waals surface area contributed by atoms with Crippen LogP contribution in [0.2, 0.25) is 0 Å². The van der Waals surface area contributed by atoms with Crippen LogP contribution in [0, 0.1) is 0 Å². The average Bonchev–Trinajstić information content (AvgIpc) is 2.51. The Kier molecular flexibility index (Phi) is 8.04. The van der Waals surface area contributed by atoms with E-state index >= 15 is 0 Å². The van der Waals surface area contributed by atoms with Crippen molar-refractivity contribution in [3.05, 3.63) is 35.9 Å². The Bertz CT molecular complexity index is 632. The Morgan fingerprint density at radius 2 is 1.79 bits per heavy atom. The minimum Gasteiger partial charge on any atom is -0.726 e. The summed E-state index contributed by atoms with van der Waals surface area (Å²) in [7, 11) is -5.21. The summed E-state index contributed by atoms with van der Waals surface area (Å²) in [6.07, 6.45) is -8.44. The van der Waals surface area contributed by atoms with Crippen LogP contribution in [-0.2, 0) is 30.7 Å².